The molecule has 1 atom stereocenters. The summed E-state index contributed by atoms with van der Waals surface area (Å²) < 4.78 is 10.1. The van der Waals surface area contributed by atoms with E-state index < -0.39 is 17.5 Å². The summed E-state index contributed by atoms with van der Waals surface area (Å²) >= 11 is 0. The van der Waals surface area contributed by atoms with Gasteiger partial charge in [-0.15, -0.1) is 5.01 Å². The second-order valence-electron chi connectivity index (χ2n) is 5.25. The van der Waals surface area contributed by atoms with Gasteiger partial charge in [0, 0.05) is 5.56 Å². The second kappa shape index (κ2) is 6.15. The quantitative estimate of drug-likeness (QED) is 0.632. The van der Waals surface area contributed by atoms with Gasteiger partial charge in [-0.1, -0.05) is 6.92 Å². The fourth-order valence-corrected chi connectivity index (χ4v) is 2.13. The third kappa shape index (κ3) is 2.92. The standard InChI is InChI=1S/C15H19N3O5/c1-5-15(2)13(20)18(14(21)17-15)16-8-9-6-10(22-3)12(19)11(7-9)23-4/h6-8,19H,5H2,1-4H3,(H,17,21)/b16-8+/t15-/m1/s1. The van der Waals surface area contributed by atoms with Gasteiger partial charge in [-0.2, -0.15) is 5.10 Å². The largest absolute Gasteiger partial charge is 0.502 e. The van der Waals surface area contributed by atoms with Gasteiger partial charge in [-0.25, -0.2) is 4.79 Å². The molecule has 0 aromatic heterocycles. The Morgan fingerprint density at radius 1 is 1.30 bits per heavy atom. The molecular weight excluding hydrogens is 302 g/mol. The van der Waals surface area contributed by atoms with Gasteiger partial charge in [-0.05, 0) is 25.5 Å². The summed E-state index contributed by atoms with van der Waals surface area (Å²) in [5, 5.41) is 17.2. The molecule has 0 saturated carbocycles. The number of ether oxygens (including phenoxy) is 2. The Morgan fingerprint density at radius 2 is 1.87 bits per heavy atom. The first-order valence-electron chi connectivity index (χ1n) is 7.02. The van der Waals surface area contributed by atoms with Crippen LogP contribution in [0.5, 0.6) is 17.2 Å². The van der Waals surface area contributed by atoms with Gasteiger partial charge in [0.25, 0.3) is 5.91 Å². The van der Waals surface area contributed by atoms with E-state index in [9.17, 15) is 14.7 Å². The van der Waals surface area contributed by atoms with E-state index in [1.54, 1.807) is 13.8 Å². The average Bonchev–Trinajstić information content (AvgIpc) is 2.76. The predicted molar refractivity (Wildman–Crippen MR) is 82.9 cm³/mol. The highest BCUT2D eigenvalue weighted by Crippen LogP contribution is 2.36. The zero-order valence-electron chi connectivity index (χ0n) is 13.4. The van der Waals surface area contributed by atoms with Crippen molar-refractivity contribution in [1.29, 1.82) is 0 Å². The van der Waals surface area contributed by atoms with E-state index in [2.05, 4.69) is 10.4 Å². The van der Waals surface area contributed by atoms with Crippen molar-refractivity contribution in [2.45, 2.75) is 25.8 Å². The van der Waals surface area contributed by atoms with E-state index in [1.807, 2.05) is 0 Å². The molecule has 0 bridgehead atoms. The highest BCUT2D eigenvalue weighted by molar-refractivity contribution is 6.07. The molecule has 0 unspecified atom stereocenters. The molecule has 8 heteroatoms. The topological polar surface area (TPSA) is 100 Å². The summed E-state index contributed by atoms with van der Waals surface area (Å²) in [4.78, 5) is 24.1. The molecule has 1 aromatic rings. The lowest BCUT2D eigenvalue weighted by Crippen LogP contribution is -2.42. The van der Waals surface area contributed by atoms with E-state index in [-0.39, 0.29) is 17.2 Å². The van der Waals surface area contributed by atoms with Gasteiger partial charge >= 0.3 is 6.03 Å². The minimum Gasteiger partial charge on any atom is -0.502 e. The minimum atomic E-state index is -0.946. The molecule has 3 amide bonds. The number of methoxy groups -OCH3 is 2. The summed E-state index contributed by atoms with van der Waals surface area (Å²) in [6.45, 7) is 3.45. The van der Waals surface area contributed by atoms with Gasteiger partial charge in [0.1, 0.15) is 5.54 Å². The van der Waals surface area contributed by atoms with E-state index >= 15 is 0 Å². The molecular formula is C15H19N3O5. The van der Waals surface area contributed by atoms with Crippen molar-refractivity contribution in [3.63, 3.8) is 0 Å². The first kappa shape index (κ1) is 16.6. The van der Waals surface area contributed by atoms with Crippen LogP contribution in [0.25, 0.3) is 0 Å². The number of carbonyl (C=O) groups is 2. The number of urea groups is 1. The molecule has 1 aliphatic rings. The summed E-state index contributed by atoms with van der Waals surface area (Å²) in [6, 6.07) is 2.45. The molecule has 1 heterocycles. The SMILES string of the molecule is CC[C@@]1(C)NC(=O)N(/N=C/c2cc(OC)c(O)c(OC)c2)C1=O. The molecule has 1 fully saturated rings. The molecule has 2 N–H and O–H groups in total. The van der Waals surface area contributed by atoms with Crippen LogP contribution in [0.1, 0.15) is 25.8 Å². The molecule has 8 nitrogen and oxygen atoms in total. The normalized spacial score (nSPS) is 21.0. The fourth-order valence-electron chi connectivity index (χ4n) is 2.13. The van der Waals surface area contributed by atoms with Crippen LogP contribution in [0, 0.1) is 0 Å². The monoisotopic (exact) mass is 321 g/mol. The Hall–Kier alpha value is -2.77. The lowest BCUT2D eigenvalue weighted by Gasteiger charge is -2.17. The molecule has 23 heavy (non-hydrogen) atoms. The highest BCUT2D eigenvalue weighted by atomic mass is 16.5. The molecule has 2 rings (SSSR count). The number of hydrogen-bond acceptors (Lipinski definition) is 6. The summed E-state index contributed by atoms with van der Waals surface area (Å²) in [5.41, 5.74) is -0.444. The Labute approximate surface area is 133 Å². The summed E-state index contributed by atoms with van der Waals surface area (Å²) in [5.74, 6) is -0.164. The summed E-state index contributed by atoms with van der Waals surface area (Å²) in [6.07, 6.45) is 1.79. The molecule has 1 saturated heterocycles. The number of nitrogens with zero attached hydrogens (tertiary/aromatic N) is 2. The van der Waals surface area contributed by atoms with Crippen molar-refractivity contribution in [3.8, 4) is 17.2 Å². The van der Waals surface area contributed by atoms with E-state index in [0.717, 1.165) is 5.01 Å². The Kier molecular flexibility index (Phi) is 4.44. The maximum absolute atomic E-state index is 12.2. The van der Waals surface area contributed by atoms with Crippen LogP contribution < -0.4 is 14.8 Å². The van der Waals surface area contributed by atoms with Crippen molar-refractivity contribution < 1.29 is 24.2 Å². The minimum absolute atomic E-state index is 0.138. The van der Waals surface area contributed by atoms with Crippen molar-refractivity contribution in [1.82, 2.24) is 10.3 Å². The number of amides is 3. The van der Waals surface area contributed by atoms with Gasteiger partial charge in [0.05, 0.1) is 20.4 Å². The molecule has 1 aliphatic heterocycles. The van der Waals surface area contributed by atoms with Crippen LogP contribution in [0.15, 0.2) is 17.2 Å². The van der Waals surface area contributed by atoms with Gasteiger partial charge < -0.3 is 19.9 Å². The number of carbonyl (C=O) groups excluding carboxylic acids is 2. The molecule has 0 aliphatic carbocycles. The zero-order chi connectivity index (χ0) is 17.2. The van der Waals surface area contributed by atoms with Crippen molar-refractivity contribution in [2.75, 3.05) is 14.2 Å². The number of imide groups is 1. The van der Waals surface area contributed by atoms with E-state index in [0.29, 0.717) is 12.0 Å². The molecule has 1 aromatic carbocycles. The summed E-state index contributed by atoms with van der Waals surface area (Å²) in [7, 11) is 2.80. The maximum atomic E-state index is 12.2. The Morgan fingerprint density at radius 3 is 2.30 bits per heavy atom. The van der Waals surface area contributed by atoms with Crippen LogP contribution >= 0.6 is 0 Å². The second-order valence-corrected chi connectivity index (χ2v) is 5.25. The number of aromatic hydroxyl groups is 1. The average molecular weight is 321 g/mol. The van der Waals surface area contributed by atoms with Crippen molar-refractivity contribution >= 4 is 18.2 Å². The Balaban J connectivity index is 2.30. The molecule has 0 spiro atoms. The Bertz CT molecular complexity index is 648. The highest BCUT2D eigenvalue weighted by Gasteiger charge is 2.46. The smallest absolute Gasteiger partial charge is 0.346 e. The molecule has 124 valence electrons. The van der Waals surface area contributed by atoms with E-state index in [1.165, 1.54) is 32.6 Å². The first-order chi connectivity index (χ1) is 10.9. The van der Waals surface area contributed by atoms with Crippen LogP contribution in [0.3, 0.4) is 0 Å². The third-order valence-electron chi connectivity index (χ3n) is 3.77. The number of benzene rings is 1. The van der Waals surface area contributed by atoms with Crippen molar-refractivity contribution in [3.05, 3.63) is 17.7 Å². The van der Waals surface area contributed by atoms with Gasteiger partial charge in [0.15, 0.2) is 11.5 Å². The number of phenolic OH excluding ortho intramolecular Hbond substituents is 1. The van der Waals surface area contributed by atoms with Crippen LogP contribution in [-0.2, 0) is 4.79 Å². The number of phenols is 1. The predicted octanol–water partition coefficient (Wildman–Crippen LogP) is 1.46. The number of rotatable bonds is 5. The van der Waals surface area contributed by atoms with Gasteiger partial charge in [-0.3, -0.25) is 4.79 Å². The maximum Gasteiger partial charge on any atom is 0.346 e. The van der Waals surface area contributed by atoms with E-state index in [4.69, 9.17) is 9.47 Å². The van der Waals surface area contributed by atoms with Crippen molar-refractivity contribution in [2.24, 2.45) is 5.10 Å². The molecule has 0 radical (unpaired) electrons. The number of nitrogens with one attached hydrogen (secondary N) is 1. The zero-order valence-corrected chi connectivity index (χ0v) is 13.4. The lowest BCUT2D eigenvalue weighted by molar-refractivity contribution is -0.130. The first-order valence-corrected chi connectivity index (χ1v) is 7.02. The third-order valence-corrected chi connectivity index (χ3v) is 3.77. The lowest BCUT2D eigenvalue weighted by atomic mass is 10.00. The van der Waals surface area contributed by atoms with Crippen LogP contribution in [0.4, 0.5) is 4.79 Å². The van der Waals surface area contributed by atoms with Crippen LogP contribution in [0.2, 0.25) is 0 Å². The van der Waals surface area contributed by atoms with Crippen LogP contribution in [-0.4, -0.2) is 48.0 Å². The number of hydrazone groups is 1. The fraction of sp³-hybridized carbons (Fsp3) is 0.400. The van der Waals surface area contributed by atoms with Gasteiger partial charge in [0.2, 0.25) is 5.75 Å². The number of hydrogen-bond donors (Lipinski definition) is 2.